The monoisotopic (exact) mass is 360 g/mol. The molecule has 2 aliphatic heterocycles. The second kappa shape index (κ2) is 7.84. The molecule has 3 rings (SSSR count). The molecule has 0 saturated carbocycles. The van der Waals surface area contributed by atoms with E-state index in [2.05, 4.69) is 28.0 Å². The zero-order valence-corrected chi connectivity index (χ0v) is 15.5. The van der Waals surface area contributed by atoms with Gasteiger partial charge in [-0.15, -0.1) is 0 Å². The predicted octanol–water partition coefficient (Wildman–Crippen LogP) is 1.84. The van der Waals surface area contributed by atoms with E-state index in [4.69, 9.17) is 9.73 Å². The van der Waals surface area contributed by atoms with Crippen LogP contribution in [0, 0.1) is 5.82 Å². The van der Waals surface area contributed by atoms with Crippen LogP contribution in [0.1, 0.15) is 32.4 Å². The van der Waals surface area contributed by atoms with Gasteiger partial charge in [0.1, 0.15) is 23.6 Å². The highest BCUT2D eigenvalue weighted by atomic mass is 19.1. The van der Waals surface area contributed by atoms with E-state index in [0.29, 0.717) is 30.4 Å². The van der Waals surface area contributed by atoms with E-state index in [-0.39, 0.29) is 12.1 Å². The van der Waals surface area contributed by atoms with Crippen molar-refractivity contribution in [1.29, 1.82) is 0 Å². The minimum absolute atomic E-state index is 0.115. The summed E-state index contributed by atoms with van der Waals surface area (Å²) < 4.78 is 19.7. The number of amidine groups is 1. The molecule has 1 aromatic rings. The average Bonchev–Trinajstić information content (AvgIpc) is 2.62. The van der Waals surface area contributed by atoms with E-state index in [1.165, 1.54) is 12.3 Å². The van der Waals surface area contributed by atoms with Crippen LogP contribution in [0.15, 0.2) is 40.9 Å². The zero-order chi connectivity index (χ0) is 18.7. The number of hydrazine groups is 1. The first-order chi connectivity index (χ1) is 12.5. The fraction of sp³-hybridized carbons (Fsp3) is 0.444. The summed E-state index contributed by atoms with van der Waals surface area (Å²) in [6.07, 6.45) is 4.83. The molecule has 7 nitrogen and oxygen atoms in total. The van der Waals surface area contributed by atoms with E-state index < -0.39 is 5.82 Å². The number of nitrogens with zero attached hydrogens (tertiary/aromatic N) is 3. The number of fused-ring (bicyclic) bond motifs is 3. The number of hydrogen-bond donors (Lipinski definition) is 3. The molecule has 2 aliphatic rings. The van der Waals surface area contributed by atoms with Gasteiger partial charge in [-0.1, -0.05) is 0 Å². The van der Waals surface area contributed by atoms with Crippen LogP contribution in [0.3, 0.4) is 0 Å². The van der Waals surface area contributed by atoms with Crippen molar-refractivity contribution >= 4 is 5.84 Å². The molecule has 3 heterocycles. The molecular weight excluding hydrogens is 335 g/mol. The maximum absolute atomic E-state index is 13.8. The molecular formula is C18H25FN6O. The van der Waals surface area contributed by atoms with Crippen LogP contribution in [0.5, 0.6) is 5.88 Å². The fourth-order valence-electron chi connectivity index (χ4n) is 2.91. The molecule has 140 valence electrons. The molecule has 2 atom stereocenters. The number of halogens is 1. The third-order valence-electron chi connectivity index (χ3n) is 4.28. The Labute approximate surface area is 153 Å². The van der Waals surface area contributed by atoms with Crippen molar-refractivity contribution in [3.8, 4) is 5.88 Å². The van der Waals surface area contributed by atoms with Crippen molar-refractivity contribution in [2.45, 2.75) is 32.9 Å². The van der Waals surface area contributed by atoms with E-state index >= 15 is 0 Å². The zero-order valence-electron chi connectivity index (χ0n) is 15.5. The van der Waals surface area contributed by atoms with E-state index in [0.717, 1.165) is 11.4 Å². The molecule has 0 amide bonds. The lowest BCUT2D eigenvalue weighted by Crippen LogP contribution is -2.43. The van der Waals surface area contributed by atoms with Gasteiger partial charge < -0.3 is 15.4 Å². The number of aromatic nitrogens is 1. The molecule has 0 aromatic carbocycles. The summed E-state index contributed by atoms with van der Waals surface area (Å²) in [7, 11) is 1.85. The molecule has 8 heteroatoms. The van der Waals surface area contributed by atoms with Gasteiger partial charge in [0.05, 0.1) is 12.2 Å². The standard InChI is InChI=1S/C18H25FN6O/c1-11-8-21-9-12(2)26-18-15(7-14(19)10-22-18)13(3)23-16-5-6-25(20-4)17(11)24-16/h5-7,10,12-13,20-21H,8-9H2,1-4H3,(H,23,24)/b17-11+/t12-,13-/m0/s1. The molecule has 0 spiro atoms. The molecule has 0 fully saturated rings. The molecule has 3 N–H and O–H groups in total. The summed E-state index contributed by atoms with van der Waals surface area (Å²) in [4.78, 5) is 8.82. The highest BCUT2D eigenvalue weighted by Gasteiger charge is 2.20. The second-order valence-electron chi connectivity index (χ2n) is 6.46. The normalized spacial score (nSPS) is 26.5. The first kappa shape index (κ1) is 18.3. The topological polar surface area (TPSA) is 73.8 Å². The molecule has 0 radical (unpaired) electrons. The van der Waals surface area contributed by atoms with E-state index in [1.54, 1.807) is 0 Å². The van der Waals surface area contributed by atoms with Crippen molar-refractivity contribution in [3.05, 3.63) is 47.3 Å². The highest BCUT2D eigenvalue weighted by Crippen LogP contribution is 2.27. The van der Waals surface area contributed by atoms with E-state index in [9.17, 15) is 4.39 Å². The lowest BCUT2D eigenvalue weighted by atomic mass is 10.1. The van der Waals surface area contributed by atoms with Gasteiger partial charge in [0, 0.05) is 31.9 Å². The van der Waals surface area contributed by atoms with Crippen LogP contribution in [0.25, 0.3) is 0 Å². The summed E-state index contributed by atoms with van der Waals surface area (Å²) in [5.41, 5.74) is 4.86. The highest BCUT2D eigenvalue weighted by molar-refractivity contribution is 5.95. The van der Waals surface area contributed by atoms with Gasteiger partial charge in [-0.2, -0.15) is 0 Å². The Bertz CT molecular complexity index is 760. The van der Waals surface area contributed by atoms with Crippen LogP contribution in [-0.4, -0.2) is 42.1 Å². The summed E-state index contributed by atoms with van der Waals surface area (Å²) >= 11 is 0. The lowest BCUT2D eigenvalue weighted by Gasteiger charge is -2.29. The minimum Gasteiger partial charge on any atom is -0.473 e. The van der Waals surface area contributed by atoms with Crippen molar-refractivity contribution in [2.24, 2.45) is 4.99 Å². The van der Waals surface area contributed by atoms with Gasteiger partial charge in [0.25, 0.3) is 0 Å². The van der Waals surface area contributed by atoms with Crippen LogP contribution in [0.4, 0.5) is 4.39 Å². The number of rotatable bonds is 1. The van der Waals surface area contributed by atoms with Gasteiger partial charge in [-0.05, 0) is 38.5 Å². The van der Waals surface area contributed by atoms with Gasteiger partial charge >= 0.3 is 0 Å². The van der Waals surface area contributed by atoms with Crippen molar-refractivity contribution < 1.29 is 9.13 Å². The SMILES string of the molecule is CNN1C=CC2=N[C@@H](C)c3cc(F)cnc3O[C@@H](C)CNC/C(C)=C/1N2. The third kappa shape index (κ3) is 4.03. The summed E-state index contributed by atoms with van der Waals surface area (Å²) in [5.74, 6) is 1.62. The number of hydrogen-bond acceptors (Lipinski definition) is 7. The lowest BCUT2D eigenvalue weighted by molar-refractivity contribution is 0.206. The Morgan fingerprint density at radius 2 is 2.19 bits per heavy atom. The van der Waals surface area contributed by atoms with Crippen LogP contribution >= 0.6 is 0 Å². The Balaban J connectivity index is 2.04. The van der Waals surface area contributed by atoms with Gasteiger partial charge in [-0.25, -0.2) is 14.8 Å². The van der Waals surface area contributed by atoms with Gasteiger partial charge in [0.15, 0.2) is 0 Å². The van der Waals surface area contributed by atoms with Crippen molar-refractivity contribution in [3.63, 3.8) is 0 Å². The van der Waals surface area contributed by atoms with E-state index in [1.807, 2.05) is 38.2 Å². The number of ether oxygens (including phenoxy) is 1. The van der Waals surface area contributed by atoms with Crippen LogP contribution < -0.4 is 20.8 Å². The first-order valence-corrected chi connectivity index (χ1v) is 8.70. The minimum atomic E-state index is -0.403. The predicted molar refractivity (Wildman–Crippen MR) is 98.9 cm³/mol. The molecule has 0 unspecified atom stereocenters. The fourth-order valence-corrected chi connectivity index (χ4v) is 2.91. The quantitative estimate of drug-likeness (QED) is 0.710. The Morgan fingerprint density at radius 3 is 2.96 bits per heavy atom. The maximum Gasteiger partial charge on any atom is 0.219 e. The molecule has 2 bridgehead atoms. The van der Waals surface area contributed by atoms with Crippen LogP contribution in [0.2, 0.25) is 0 Å². The average molecular weight is 360 g/mol. The first-order valence-electron chi connectivity index (χ1n) is 8.70. The van der Waals surface area contributed by atoms with Crippen molar-refractivity contribution in [2.75, 3.05) is 20.1 Å². The van der Waals surface area contributed by atoms with Crippen LogP contribution in [-0.2, 0) is 0 Å². The molecule has 26 heavy (non-hydrogen) atoms. The molecule has 0 saturated heterocycles. The molecule has 0 aliphatic carbocycles. The maximum atomic E-state index is 13.8. The number of pyridine rings is 1. The number of aliphatic imine (C=N–C) groups is 1. The Morgan fingerprint density at radius 1 is 1.38 bits per heavy atom. The molecule has 1 aromatic heterocycles. The summed E-state index contributed by atoms with van der Waals surface area (Å²) in [5, 5.41) is 8.62. The summed E-state index contributed by atoms with van der Waals surface area (Å²) in [6.45, 7) is 7.24. The summed E-state index contributed by atoms with van der Waals surface area (Å²) in [6, 6.07) is 1.12. The Kier molecular flexibility index (Phi) is 5.53. The largest absolute Gasteiger partial charge is 0.473 e. The second-order valence-corrected chi connectivity index (χ2v) is 6.46. The Hall–Kier alpha value is -2.45. The van der Waals surface area contributed by atoms with Crippen molar-refractivity contribution in [1.82, 2.24) is 26.1 Å². The van der Waals surface area contributed by atoms with Gasteiger partial charge in [0.2, 0.25) is 5.88 Å². The third-order valence-corrected chi connectivity index (χ3v) is 4.28. The number of nitrogens with one attached hydrogen (secondary N) is 3. The smallest absolute Gasteiger partial charge is 0.219 e. The van der Waals surface area contributed by atoms with Gasteiger partial charge in [-0.3, -0.25) is 10.0 Å².